The van der Waals surface area contributed by atoms with E-state index in [2.05, 4.69) is 6.58 Å². The molecule has 0 aromatic heterocycles. The number of methoxy groups -OCH3 is 2. The summed E-state index contributed by atoms with van der Waals surface area (Å²) in [6, 6.07) is 0. The van der Waals surface area contributed by atoms with Crippen LogP contribution >= 0.6 is 0 Å². The van der Waals surface area contributed by atoms with Gasteiger partial charge in [0, 0.05) is 26.6 Å². The van der Waals surface area contributed by atoms with E-state index < -0.39 is 5.97 Å². The summed E-state index contributed by atoms with van der Waals surface area (Å²) in [6.45, 7) is 6.51. The number of hydrogen-bond acceptors (Lipinski definition) is 3. The van der Waals surface area contributed by atoms with Crippen LogP contribution in [0.15, 0.2) is 12.2 Å². The normalized spacial score (nSPS) is 27.4. The Balaban J connectivity index is 2.58. The van der Waals surface area contributed by atoms with Crippen molar-refractivity contribution < 1.29 is 14.2 Å². The van der Waals surface area contributed by atoms with Gasteiger partial charge in [0.15, 0.2) is 0 Å². The summed E-state index contributed by atoms with van der Waals surface area (Å²) in [5.74, 6) is -0.478. The highest BCUT2D eigenvalue weighted by Gasteiger charge is 2.41. The average Bonchev–Trinajstić information content (AvgIpc) is 2.49. The van der Waals surface area contributed by atoms with E-state index in [1.165, 1.54) is 0 Å². The highest BCUT2D eigenvalue weighted by atomic mass is 16.9. The zero-order valence-electron chi connectivity index (χ0n) is 7.92. The summed E-state index contributed by atoms with van der Waals surface area (Å²) in [5.41, 5.74) is 1.12. The van der Waals surface area contributed by atoms with Crippen molar-refractivity contribution in [3.05, 3.63) is 12.2 Å². The Morgan fingerprint density at radius 2 is 2.08 bits per heavy atom. The molecule has 70 valence electrons. The second-order valence-corrected chi connectivity index (χ2v) is 3.15. The maximum absolute atomic E-state index is 5.41. The van der Waals surface area contributed by atoms with Gasteiger partial charge in [-0.15, -0.1) is 0 Å². The minimum Gasteiger partial charge on any atom is -0.331 e. The third-order valence-corrected chi connectivity index (χ3v) is 2.32. The molecular formula is C9H16O3. The standard InChI is InChI=1S/C9H16O3/c1-7(2)8-5-9(10-3,11-4)12-6-8/h8H,1,5-6H2,2-4H3/t8-/m1/s1. The van der Waals surface area contributed by atoms with Gasteiger partial charge in [-0.2, -0.15) is 0 Å². The second kappa shape index (κ2) is 3.56. The van der Waals surface area contributed by atoms with Crippen molar-refractivity contribution >= 4 is 0 Å². The fraction of sp³-hybridized carbons (Fsp3) is 0.778. The molecule has 0 bridgehead atoms. The largest absolute Gasteiger partial charge is 0.331 e. The lowest BCUT2D eigenvalue weighted by Crippen LogP contribution is -2.32. The molecule has 0 saturated carbocycles. The van der Waals surface area contributed by atoms with Crippen LogP contribution in [0.3, 0.4) is 0 Å². The topological polar surface area (TPSA) is 27.7 Å². The molecule has 0 aromatic carbocycles. The summed E-state index contributed by atoms with van der Waals surface area (Å²) < 4.78 is 15.7. The molecule has 1 fully saturated rings. The van der Waals surface area contributed by atoms with Crippen molar-refractivity contribution in [1.82, 2.24) is 0 Å². The molecular weight excluding hydrogens is 156 g/mol. The van der Waals surface area contributed by atoms with E-state index in [1.807, 2.05) is 6.92 Å². The van der Waals surface area contributed by atoms with Gasteiger partial charge in [0.25, 0.3) is 5.97 Å². The molecule has 3 nitrogen and oxygen atoms in total. The molecule has 12 heavy (non-hydrogen) atoms. The lowest BCUT2D eigenvalue weighted by atomic mass is 10.0. The van der Waals surface area contributed by atoms with Crippen LogP contribution in [-0.2, 0) is 14.2 Å². The van der Waals surface area contributed by atoms with Gasteiger partial charge in [0.2, 0.25) is 0 Å². The first-order valence-corrected chi connectivity index (χ1v) is 4.03. The van der Waals surface area contributed by atoms with Gasteiger partial charge < -0.3 is 14.2 Å². The summed E-state index contributed by atoms with van der Waals surface area (Å²) in [6.07, 6.45) is 0.731. The van der Waals surface area contributed by atoms with E-state index in [0.29, 0.717) is 12.5 Å². The van der Waals surface area contributed by atoms with Gasteiger partial charge in [-0.05, 0) is 6.92 Å². The predicted molar refractivity (Wildman–Crippen MR) is 45.6 cm³/mol. The smallest absolute Gasteiger partial charge is 0.283 e. The first kappa shape index (κ1) is 9.71. The van der Waals surface area contributed by atoms with Crippen molar-refractivity contribution in [3.63, 3.8) is 0 Å². The first-order valence-electron chi connectivity index (χ1n) is 4.03. The Morgan fingerprint density at radius 1 is 1.50 bits per heavy atom. The second-order valence-electron chi connectivity index (χ2n) is 3.15. The molecule has 1 heterocycles. The zero-order valence-corrected chi connectivity index (χ0v) is 7.92. The highest BCUT2D eigenvalue weighted by Crippen LogP contribution is 2.34. The fourth-order valence-corrected chi connectivity index (χ4v) is 1.33. The van der Waals surface area contributed by atoms with Gasteiger partial charge in [0.1, 0.15) is 0 Å². The van der Waals surface area contributed by atoms with Gasteiger partial charge in [-0.3, -0.25) is 0 Å². The Hall–Kier alpha value is -0.380. The Kier molecular flexibility index (Phi) is 2.88. The van der Waals surface area contributed by atoms with Gasteiger partial charge in [-0.25, -0.2) is 0 Å². The molecule has 1 aliphatic heterocycles. The molecule has 0 N–H and O–H groups in total. The monoisotopic (exact) mass is 172 g/mol. The molecule has 3 heteroatoms. The predicted octanol–water partition coefficient (Wildman–Crippen LogP) is 1.55. The molecule has 0 unspecified atom stereocenters. The van der Waals surface area contributed by atoms with Crippen molar-refractivity contribution in [2.75, 3.05) is 20.8 Å². The first-order chi connectivity index (χ1) is 5.63. The van der Waals surface area contributed by atoms with Crippen LogP contribution < -0.4 is 0 Å². The maximum atomic E-state index is 5.41. The number of hydrogen-bond donors (Lipinski definition) is 0. The average molecular weight is 172 g/mol. The molecule has 1 rings (SSSR count). The summed E-state index contributed by atoms with van der Waals surface area (Å²) >= 11 is 0. The molecule has 0 spiro atoms. The van der Waals surface area contributed by atoms with Crippen LogP contribution in [0.5, 0.6) is 0 Å². The Morgan fingerprint density at radius 3 is 2.33 bits per heavy atom. The van der Waals surface area contributed by atoms with Crippen LogP contribution in [0.4, 0.5) is 0 Å². The van der Waals surface area contributed by atoms with E-state index in [4.69, 9.17) is 14.2 Å². The quantitative estimate of drug-likeness (QED) is 0.477. The Labute approximate surface area is 73.3 Å². The van der Waals surface area contributed by atoms with E-state index in [-0.39, 0.29) is 0 Å². The van der Waals surface area contributed by atoms with Gasteiger partial charge in [0.05, 0.1) is 6.61 Å². The van der Waals surface area contributed by atoms with Crippen molar-refractivity contribution in [1.29, 1.82) is 0 Å². The van der Waals surface area contributed by atoms with E-state index in [0.717, 1.165) is 12.0 Å². The van der Waals surface area contributed by atoms with Crippen LogP contribution in [0, 0.1) is 5.92 Å². The van der Waals surface area contributed by atoms with Crippen molar-refractivity contribution in [3.8, 4) is 0 Å². The van der Waals surface area contributed by atoms with E-state index in [1.54, 1.807) is 14.2 Å². The molecule has 0 radical (unpaired) electrons. The van der Waals surface area contributed by atoms with E-state index in [9.17, 15) is 0 Å². The summed E-state index contributed by atoms with van der Waals surface area (Å²) in [4.78, 5) is 0. The van der Waals surface area contributed by atoms with Crippen molar-refractivity contribution in [2.24, 2.45) is 5.92 Å². The van der Waals surface area contributed by atoms with Crippen LogP contribution in [0.1, 0.15) is 13.3 Å². The van der Waals surface area contributed by atoms with Crippen molar-refractivity contribution in [2.45, 2.75) is 19.3 Å². The summed E-state index contributed by atoms with van der Waals surface area (Å²) in [7, 11) is 3.18. The van der Waals surface area contributed by atoms with Gasteiger partial charge >= 0.3 is 0 Å². The fourth-order valence-electron chi connectivity index (χ4n) is 1.33. The molecule has 0 amide bonds. The minimum atomic E-state index is -0.830. The summed E-state index contributed by atoms with van der Waals surface area (Å²) in [5, 5.41) is 0. The zero-order chi connectivity index (χ0) is 9.19. The third kappa shape index (κ3) is 1.68. The molecule has 1 aliphatic rings. The SMILES string of the molecule is C=C(C)[C@H]1COC(OC)(OC)C1. The van der Waals surface area contributed by atoms with Gasteiger partial charge in [-0.1, -0.05) is 12.2 Å². The number of ether oxygens (including phenoxy) is 3. The number of rotatable bonds is 3. The molecule has 0 aromatic rings. The molecule has 1 saturated heterocycles. The third-order valence-electron chi connectivity index (χ3n) is 2.32. The van der Waals surface area contributed by atoms with Crippen LogP contribution in [-0.4, -0.2) is 26.8 Å². The van der Waals surface area contributed by atoms with Crippen LogP contribution in [0.2, 0.25) is 0 Å². The molecule has 1 atom stereocenters. The lowest BCUT2D eigenvalue weighted by Gasteiger charge is -2.24. The Bertz CT molecular complexity index is 173. The van der Waals surface area contributed by atoms with E-state index >= 15 is 0 Å². The lowest BCUT2D eigenvalue weighted by molar-refractivity contribution is -0.340. The maximum Gasteiger partial charge on any atom is 0.283 e. The molecule has 0 aliphatic carbocycles. The highest BCUT2D eigenvalue weighted by molar-refractivity contribution is 4.99. The minimum absolute atomic E-state index is 0.352. The van der Waals surface area contributed by atoms with Crippen LogP contribution in [0.25, 0.3) is 0 Å².